The molecule has 0 N–H and O–H groups in total. The van der Waals surface area contributed by atoms with Gasteiger partial charge in [0, 0.05) is 5.92 Å². The van der Waals surface area contributed by atoms with Gasteiger partial charge in [0.1, 0.15) is 0 Å². The van der Waals surface area contributed by atoms with Crippen molar-refractivity contribution in [3.05, 3.63) is 106 Å². The molecule has 0 radical (unpaired) electrons. The van der Waals surface area contributed by atoms with Crippen LogP contribution in [0.15, 0.2) is 72.8 Å². The van der Waals surface area contributed by atoms with Crippen LogP contribution >= 0.6 is 0 Å². The Labute approximate surface area is 152 Å². The zero-order valence-corrected chi connectivity index (χ0v) is 16.0. The number of hydrogen-bond acceptors (Lipinski definition) is 0. The van der Waals surface area contributed by atoms with Gasteiger partial charge in [-0.3, -0.25) is 0 Å². The lowest BCUT2D eigenvalue weighted by Crippen LogP contribution is -2.11. The van der Waals surface area contributed by atoms with Gasteiger partial charge in [-0.2, -0.15) is 0 Å². The molecule has 0 heterocycles. The Hall–Kier alpha value is -2.34. The molecule has 25 heavy (non-hydrogen) atoms. The van der Waals surface area contributed by atoms with Crippen LogP contribution in [0.3, 0.4) is 0 Å². The van der Waals surface area contributed by atoms with Crippen LogP contribution in [-0.2, 0) is 5.41 Å². The number of hydrogen-bond donors (Lipinski definition) is 0. The summed E-state index contributed by atoms with van der Waals surface area (Å²) in [7, 11) is 0. The highest BCUT2D eigenvalue weighted by Gasteiger charge is 2.18. The molecule has 0 aliphatic rings. The first-order valence-electron chi connectivity index (χ1n) is 9.08. The summed E-state index contributed by atoms with van der Waals surface area (Å²) in [4.78, 5) is 0. The van der Waals surface area contributed by atoms with Gasteiger partial charge >= 0.3 is 0 Å². The lowest BCUT2D eigenvalue weighted by molar-refractivity contribution is 0.590. The minimum Gasteiger partial charge on any atom is -0.0590 e. The van der Waals surface area contributed by atoms with E-state index in [1.165, 1.54) is 33.4 Å². The molecule has 0 nitrogen and oxygen atoms in total. The van der Waals surface area contributed by atoms with Gasteiger partial charge in [-0.25, -0.2) is 0 Å². The summed E-state index contributed by atoms with van der Waals surface area (Å²) < 4.78 is 0. The first kappa shape index (κ1) is 17.5. The van der Waals surface area contributed by atoms with Crippen LogP contribution in [0.1, 0.15) is 60.1 Å². The van der Waals surface area contributed by atoms with Gasteiger partial charge in [-0.05, 0) is 41.5 Å². The summed E-state index contributed by atoms with van der Waals surface area (Å²) in [6, 6.07) is 27.0. The Morgan fingerprint density at radius 2 is 0.840 bits per heavy atom. The van der Waals surface area contributed by atoms with E-state index in [4.69, 9.17) is 0 Å². The Kier molecular flexibility index (Phi) is 4.81. The number of benzene rings is 3. The highest BCUT2D eigenvalue weighted by atomic mass is 14.2. The van der Waals surface area contributed by atoms with E-state index in [2.05, 4.69) is 107 Å². The number of rotatable bonds is 3. The molecule has 3 aromatic carbocycles. The first-order chi connectivity index (χ1) is 11.8. The van der Waals surface area contributed by atoms with Crippen LogP contribution in [0.4, 0.5) is 0 Å². The molecular weight excluding hydrogens is 300 g/mol. The molecule has 3 aromatic rings. The molecule has 0 unspecified atom stereocenters. The van der Waals surface area contributed by atoms with E-state index in [1.54, 1.807) is 0 Å². The fourth-order valence-electron chi connectivity index (χ4n) is 3.27. The standard InChI is InChI=1S/C25H28/c1-18-6-10-20(11-7-18)24(21-12-8-19(2)9-13-21)22-14-16-23(17-15-22)25(3,4)5/h6-17,24H,1-5H3. The van der Waals surface area contributed by atoms with Crippen molar-refractivity contribution in [3.63, 3.8) is 0 Å². The third kappa shape index (κ3) is 4.02. The Balaban J connectivity index is 2.07. The van der Waals surface area contributed by atoms with Gasteiger partial charge in [-0.15, -0.1) is 0 Å². The molecular formula is C25H28. The van der Waals surface area contributed by atoms with E-state index in [1.807, 2.05) is 0 Å². The van der Waals surface area contributed by atoms with Gasteiger partial charge in [0.25, 0.3) is 0 Å². The maximum atomic E-state index is 2.30. The van der Waals surface area contributed by atoms with Crippen molar-refractivity contribution in [2.24, 2.45) is 0 Å². The average Bonchev–Trinajstić information content (AvgIpc) is 2.58. The molecule has 128 valence electrons. The van der Waals surface area contributed by atoms with E-state index in [0.29, 0.717) is 0 Å². The predicted octanol–water partition coefficient (Wildman–Crippen LogP) is 6.78. The van der Waals surface area contributed by atoms with Crippen LogP contribution in [0.5, 0.6) is 0 Å². The van der Waals surface area contributed by atoms with E-state index in [-0.39, 0.29) is 11.3 Å². The average molecular weight is 328 g/mol. The maximum absolute atomic E-state index is 2.30. The van der Waals surface area contributed by atoms with Crippen molar-refractivity contribution in [3.8, 4) is 0 Å². The fraction of sp³-hybridized carbons (Fsp3) is 0.280. The smallest absolute Gasteiger partial charge is 0.0339 e. The normalized spacial score (nSPS) is 11.8. The predicted molar refractivity (Wildman–Crippen MR) is 108 cm³/mol. The molecule has 0 saturated carbocycles. The third-order valence-electron chi connectivity index (χ3n) is 4.93. The SMILES string of the molecule is Cc1ccc(C(c2ccc(C)cc2)c2ccc(C(C)(C)C)cc2)cc1. The highest BCUT2D eigenvalue weighted by Crippen LogP contribution is 2.33. The quantitative estimate of drug-likeness (QED) is 0.465. The summed E-state index contributed by atoms with van der Waals surface area (Å²) in [6.07, 6.45) is 0. The van der Waals surface area contributed by atoms with Crippen LogP contribution in [-0.4, -0.2) is 0 Å². The van der Waals surface area contributed by atoms with E-state index in [0.717, 1.165) is 0 Å². The topological polar surface area (TPSA) is 0 Å². The van der Waals surface area contributed by atoms with Crippen molar-refractivity contribution in [1.29, 1.82) is 0 Å². The second-order valence-electron chi connectivity index (χ2n) is 8.13. The van der Waals surface area contributed by atoms with Crippen molar-refractivity contribution in [2.45, 2.75) is 46.0 Å². The summed E-state index contributed by atoms with van der Waals surface area (Å²) in [6.45, 7) is 11.1. The Bertz CT molecular complexity index is 768. The van der Waals surface area contributed by atoms with Gasteiger partial charge in [-0.1, -0.05) is 105 Å². The van der Waals surface area contributed by atoms with Gasteiger partial charge in [0.05, 0.1) is 0 Å². The minimum atomic E-state index is 0.182. The molecule has 0 aliphatic carbocycles. The summed E-state index contributed by atoms with van der Waals surface area (Å²) >= 11 is 0. The maximum Gasteiger partial charge on any atom is 0.0339 e. The minimum absolute atomic E-state index is 0.182. The van der Waals surface area contributed by atoms with Crippen molar-refractivity contribution < 1.29 is 0 Å². The summed E-state index contributed by atoms with van der Waals surface area (Å²) in [5.41, 5.74) is 8.20. The Morgan fingerprint density at radius 3 is 1.16 bits per heavy atom. The molecule has 0 aliphatic heterocycles. The number of aryl methyl sites for hydroxylation is 2. The summed E-state index contributed by atoms with van der Waals surface area (Å²) in [5.74, 6) is 0.273. The van der Waals surface area contributed by atoms with Gasteiger partial charge in [0.2, 0.25) is 0 Å². The monoisotopic (exact) mass is 328 g/mol. The van der Waals surface area contributed by atoms with E-state index < -0.39 is 0 Å². The first-order valence-corrected chi connectivity index (χ1v) is 9.08. The molecule has 0 saturated heterocycles. The second kappa shape index (κ2) is 6.88. The fourth-order valence-corrected chi connectivity index (χ4v) is 3.27. The zero-order valence-electron chi connectivity index (χ0n) is 16.0. The second-order valence-corrected chi connectivity index (χ2v) is 8.13. The van der Waals surface area contributed by atoms with E-state index >= 15 is 0 Å². The zero-order chi connectivity index (χ0) is 18.0. The molecule has 0 bridgehead atoms. The van der Waals surface area contributed by atoms with Crippen LogP contribution in [0.2, 0.25) is 0 Å². The molecule has 3 rings (SSSR count). The third-order valence-corrected chi connectivity index (χ3v) is 4.93. The highest BCUT2D eigenvalue weighted by molar-refractivity contribution is 5.45. The lowest BCUT2D eigenvalue weighted by Gasteiger charge is -2.23. The van der Waals surface area contributed by atoms with Crippen molar-refractivity contribution in [1.82, 2.24) is 0 Å². The van der Waals surface area contributed by atoms with Crippen LogP contribution in [0.25, 0.3) is 0 Å². The van der Waals surface area contributed by atoms with Crippen LogP contribution < -0.4 is 0 Å². The molecule has 0 heteroatoms. The van der Waals surface area contributed by atoms with Crippen molar-refractivity contribution >= 4 is 0 Å². The molecule has 0 spiro atoms. The molecule has 0 atom stereocenters. The van der Waals surface area contributed by atoms with Crippen molar-refractivity contribution in [2.75, 3.05) is 0 Å². The van der Waals surface area contributed by atoms with Gasteiger partial charge in [0.15, 0.2) is 0 Å². The van der Waals surface area contributed by atoms with Gasteiger partial charge < -0.3 is 0 Å². The van der Waals surface area contributed by atoms with Crippen LogP contribution in [0, 0.1) is 13.8 Å². The molecule has 0 amide bonds. The summed E-state index contributed by atoms with van der Waals surface area (Å²) in [5, 5.41) is 0. The Morgan fingerprint density at radius 1 is 0.520 bits per heavy atom. The van der Waals surface area contributed by atoms with E-state index in [9.17, 15) is 0 Å². The largest absolute Gasteiger partial charge is 0.0590 e. The molecule has 0 fully saturated rings. The molecule has 0 aromatic heterocycles. The lowest BCUT2D eigenvalue weighted by atomic mass is 9.82.